The first-order chi connectivity index (χ1) is 15.9. The second-order valence-corrected chi connectivity index (χ2v) is 8.70. The summed E-state index contributed by atoms with van der Waals surface area (Å²) in [6.07, 6.45) is 6.12. The third-order valence-corrected chi connectivity index (χ3v) is 6.15. The standard InChI is InChI=1S/C25H23Cl2FN4O/c1-2-19(33)13-17-12-16(6-9-22(17)28)24-21(27)15-29-25(31-24)30-18-7-8-20(26)23(14-18)32-10-4-3-5-11-32/h2,6-9,12,14-15H,1,3-5,10-11,13H2,(H,29,30,31). The number of nitrogens with one attached hydrogen (secondary N) is 1. The highest BCUT2D eigenvalue weighted by Crippen LogP contribution is 2.33. The van der Waals surface area contributed by atoms with Crippen LogP contribution in [0.2, 0.25) is 10.0 Å². The summed E-state index contributed by atoms with van der Waals surface area (Å²) in [5.41, 5.74) is 3.05. The van der Waals surface area contributed by atoms with Crippen LogP contribution < -0.4 is 10.2 Å². The summed E-state index contributed by atoms with van der Waals surface area (Å²) in [6, 6.07) is 10.2. The maximum atomic E-state index is 14.2. The van der Waals surface area contributed by atoms with Gasteiger partial charge in [-0.15, -0.1) is 0 Å². The SMILES string of the molecule is C=CC(=O)Cc1cc(-c2nc(Nc3ccc(Cl)c(N4CCCCC4)c3)ncc2Cl)ccc1F. The van der Waals surface area contributed by atoms with Crippen molar-refractivity contribution in [3.63, 3.8) is 0 Å². The number of hydrogen-bond acceptors (Lipinski definition) is 5. The fraction of sp³-hybridized carbons (Fsp3) is 0.240. The molecule has 170 valence electrons. The lowest BCUT2D eigenvalue weighted by molar-refractivity contribution is -0.114. The molecule has 2 aromatic carbocycles. The molecule has 1 N–H and O–H groups in total. The molecule has 0 amide bonds. The van der Waals surface area contributed by atoms with E-state index in [-0.39, 0.29) is 17.8 Å². The van der Waals surface area contributed by atoms with E-state index >= 15 is 0 Å². The number of benzene rings is 2. The Morgan fingerprint density at radius 1 is 1.12 bits per heavy atom. The molecule has 0 spiro atoms. The minimum atomic E-state index is -0.469. The minimum Gasteiger partial charge on any atom is -0.370 e. The average molecular weight is 485 g/mol. The zero-order chi connectivity index (χ0) is 23.4. The van der Waals surface area contributed by atoms with Gasteiger partial charge >= 0.3 is 0 Å². The molecule has 1 aromatic heterocycles. The summed E-state index contributed by atoms with van der Waals surface area (Å²) in [6.45, 7) is 5.40. The molecular formula is C25H23Cl2FN4O. The molecular weight excluding hydrogens is 462 g/mol. The maximum Gasteiger partial charge on any atom is 0.227 e. The minimum absolute atomic E-state index is 0.0823. The third-order valence-electron chi connectivity index (χ3n) is 5.55. The number of allylic oxidation sites excluding steroid dienone is 1. The van der Waals surface area contributed by atoms with Crippen molar-refractivity contribution in [2.45, 2.75) is 25.7 Å². The molecule has 0 atom stereocenters. The Balaban J connectivity index is 1.61. The monoisotopic (exact) mass is 484 g/mol. The highest BCUT2D eigenvalue weighted by molar-refractivity contribution is 6.33. The first-order valence-corrected chi connectivity index (χ1v) is 11.5. The summed E-state index contributed by atoms with van der Waals surface area (Å²) in [5, 5.41) is 4.23. The van der Waals surface area contributed by atoms with E-state index in [0.29, 0.717) is 27.3 Å². The van der Waals surface area contributed by atoms with Crippen molar-refractivity contribution < 1.29 is 9.18 Å². The lowest BCUT2D eigenvalue weighted by atomic mass is 10.0. The van der Waals surface area contributed by atoms with Crippen LogP contribution in [0.1, 0.15) is 24.8 Å². The van der Waals surface area contributed by atoms with Crippen molar-refractivity contribution in [1.82, 2.24) is 9.97 Å². The molecule has 0 bridgehead atoms. The van der Waals surface area contributed by atoms with E-state index in [1.54, 1.807) is 12.1 Å². The van der Waals surface area contributed by atoms with Gasteiger partial charge in [0.1, 0.15) is 5.82 Å². The number of hydrogen-bond donors (Lipinski definition) is 1. The van der Waals surface area contributed by atoms with Crippen molar-refractivity contribution in [1.29, 1.82) is 0 Å². The largest absolute Gasteiger partial charge is 0.370 e. The zero-order valence-electron chi connectivity index (χ0n) is 18.0. The summed E-state index contributed by atoms with van der Waals surface area (Å²) in [7, 11) is 0. The van der Waals surface area contributed by atoms with Crippen LogP contribution in [0, 0.1) is 5.82 Å². The first kappa shape index (κ1) is 23.2. The van der Waals surface area contributed by atoms with E-state index in [1.165, 1.54) is 24.8 Å². The number of carbonyl (C=O) groups is 1. The highest BCUT2D eigenvalue weighted by atomic mass is 35.5. The molecule has 33 heavy (non-hydrogen) atoms. The number of piperidine rings is 1. The van der Waals surface area contributed by atoms with E-state index < -0.39 is 5.82 Å². The topological polar surface area (TPSA) is 58.1 Å². The van der Waals surface area contributed by atoms with Gasteiger partial charge in [0.15, 0.2) is 5.78 Å². The van der Waals surface area contributed by atoms with Crippen molar-refractivity contribution >= 4 is 46.3 Å². The van der Waals surface area contributed by atoms with Gasteiger partial charge in [0.05, 0.1) is 27.6 Å². The number of rotatable bonds is 7. The summed E-state index contributed by atoms with van der Waals surface area (Å²) < 4.78 is 14.2. The molecule has 5 nitrogen and oxygen atoms in total. The Labute approximate surface area is 202 Å². The lowest BCUT2D eigenvalue weighted by Gasteiger charge is -2.30. The molecule has 4 rings (SSSR count). The van der Waals surface area contributed by atoms with Crippen molar-refractivity contribution in [3.8, 4) is 11.3 Å². The predicted octanol–water partition coefficient (Wildman–Crippen LogP) is 6.62. The van der Waals surface area contributed by atoms with Gasteiger partial charge in [-0.05, 0) is 67.3 Å². The van der Waals surface area contributed by atoms with Gasteiger partial charge in [-0.3, -0.25) is 4.79 Å². The average Bonchev–Trinajstić information content (AvgIpc) is 2.83. The van der Waals surface area contributed by atoms with Gasteiger partial charge in [-0.2, -0.15) is 0 Å². The van der Waals surface area contributed by atoms with E-state index in [2.05, 4.69) is 26.8 Å². The van der Waals surface area contributed by atoms with Crippen molar-refractivity contribution in [2.75, 3.05) is 23.3 Å². The molecule has 0 radical (unpaired) electrons. The van der Waals surface area contributed by atoms with Crippen molar-refractivity contribution in [2.24, 2.45) is 0 Å². The smallest absolute Gasteiger partial charge is 0.227 e. The Morgan fingerprint density at radius 2 is 1.91 bits per heavy atom. The van der Waals surface area contributed by atoms with E-state index in [1.807, 2.05) is 18.2 Å². The van der Waals surface area contributed by atoms with Gasteiger partial charge in [-0.1, -0.05) is 29.8 Å². The van der Waals surface area contributed by atoms with E-state index in [4.69, 9.17) is 23.2 Å². The van der Waals surface area contributed by atoms with Crippen LogP contribution in [0.4, 0.5) is 21.7 Å². The Morgan fingerprint density at radius 3 is 2.67 bits per heavy atom. The van der Waals surface area contributed by atoms with Crippen LogP contribution in [-0.4, -0.2) is 28.8 Å². The molecule has 0 unspecified atom stereocenters. The molecule has 0 aliphatic carbocycles. The number of halogens is 3. The predicted molar refractivity (Wildman–Crippen MR) is 132 cm³/mol. The van der Waals surface area contributed by atoms with E-state index in [9.17, 15) is 9.18 Å². The molecule has 2 heterocycles. The molecule has 1 aliphatic heterocycles. The quantitative estimate of drug-likeness (QED) is 0.381. The van der Waals surface area contributed by atoms with E-state index in [0.717, 1.165) is 37.3 Å². The number of aromatic nitrogens is 2. The van der Waals surface area contributed by atoms with Gasteiger partial charge in [0, 0.05) is 30.8 Å². The van der Waals surface area contributed by atoms with Gasteiger partial charge in [0.2, 0.25) is 5.95 Å². The Hall–Kier alpha value is -2.96. The van der Waals surface area contributed by atoms with Crippen LogP contribution in [0.5, 0.6) is 0 Å². The highest BCUT2D eigenvalue weighted by Gasteiger charge is 2.16. The fourth-order valence-corrected chi connectivity index (χ4v) is 4.28. The number of anilines is 3. The number of carbonyl (C=O) groups excluding carboxylic acids is 1. The molecule has 0 saturated carbocycles. The third kappa shape index (κ3) is 5.52. The van der Waals surface area contributed by atoms with Gasteiger partial charge < -0.3 is 10.2 Å². The fourth-order valence-electron chi connectivity index (χ4n) is 3.84. The van der Waals surface area contributed by atoms with Crippen LogP contribution in [0.3, 0.4) is 0 Å². The Kier molecular flexibility index (Phi) is 7.26. The summed E-state index contributed by atoms with van der Waals surface area (Å²) in [4.78, 5) is 22.8. The molecule has 1 fully saturated rings. The first-order valence-electron chi connectivity index (χ1n) is 10.7. The van der Waals surface area contributed by atoms with Crippen LogP contribution in [0.25, 0.3) is 11.3 Å². The lowest BCUT2D eigenvalue weighted by Crippen LogP contribution is -2.29. The molecule has 3 aromatic rings. The van der Waals surface area contributed by atoms with Gasteiger partial charge in [-0.25, -0.2) is 14.4 Å². The zero-order valence-corrected chi connectivity index (χ0v) is 19.5. The van der Waals surface area contributed by atoms with Crippen LogP contribution in [-0.2, 0) is 11.2 Å². The van der Waals surface area contributed by atoms with Crippen LogP contribution in [0.15, 0.2) is 55.3 Å². The Bertz CT molecular complexity index is 1200. The summed E-state index contributed by atoms with van der Waals surface area (Å²) >= 11 is 12.8. The molecule has 1 saturated heterocycles. The maximum absolute atomic E-state index is 14.2. The molecule has 8 heteroatoms. The van der Waals surface area contributed by atoms with Crippen LogP contribution >= 0.6 is 23.2 Å². The number of ketones is 1. The van der Waals surface area contributed by atoms with Crippen molar-refractivity contribution in [3.05, 3.63) is 76.7 Å². The summed E-state index contributed by atoms with van der Waals surface area (Å²) in [5.74, 6) is -0.396. The second-order valence-electron chi connectivity index (χ2n) is 7.88. The second kappa shape index (κ2) is 10.3. The molecule has 1 aliphatic rings. The van der Waals surface area contributed by atoms with Gasteiger partial charge in [0.25, 0.3) is 0 Å². The normalized spacial score (nSPS) is 13.6. The number of nitrogens with zero attached hydrogens (tertiary/aromatic N) is 3.